The lowest BCUT2D eigenvalue weighted by atomic mass is 9.85. The lowest BCUT2D eigenvalue weighted by Gasteiger charge is -2.29. The Hall–Kier alpha value is -7.40. The van der Waals surface area contributed by atoms with Crippen LogP contribution in [-0.2, 0) is 12.8 Å². The van der Waals surface area contributed by atoms with Gasteiger partial charge in [0.05, 0.1) is 11.4 Å². The van der Waals surface area contributed by atoms with Crippen LogP contribution in [0.3, 0.4) is 0 Å². The molecular weight excluding hydrogens is 829 g/mol. The van der Waals surface area contributed by atoms with Crippen molar-refractivity contribution >= 4 is 110 Å². The Bertz CT molecular complexity index is 3490. The molecule has 12 aromatic rings. The summed E-state index contributed by atoms with van der Waals surface area (Å²) < 4.78 is 13.7. The van der Waals surface area contributed by atoms with Crippen molar-refractivity contribution in [1.29, 1.82) is 0 Å². The summed E-state index contributed by atoms with van der Waals surface area (Å²) in [5.74, 6) is 0. The van der Waals surface area contributed by atoms with Gasteiger partial charge in [-0.05, 0) is 108 Å². The Morgan fingerprint density at radius 2 is 0.912 bits per heavy atom. The van der Waals surface area contributed by atoms with E-state index in [0.717, 1.165) is 86.6 Å². The number of para-hydroxylation sites is 6. The van der Waals surface area contributed by atoms with E-state index in [9.17, 15) is 0 Å². The van der Waals surface area contributed by atoms with E-state index in [1.807, 2.05) is 0 Å². The highest BCUT2D eigenvalue weighted by molar-refractivity contribution is 6.29. The standard InChI is InChI=1S/C64H56N2O2/c1-3-5-7-11-23-43-41-57(65(45-25-13-9-14-26-45)55-33-21-31-51-49-29-17-19-35-59(49)67-63(51)55)53-40-38-48-44(24-12-8-6-4-2)42-58(54-39-37-47(43)61(53)62(48)54)66(46-27-15-10-16-28-46)56-34-22-32-52-50-30-18-20-36-60(50)68-64(52)56/h9-10,13-22,25-42H,3-8,11-12,23-24H2,1-2H3/p+1. The molecule has 2 aromatic heterocycles. The Labute approximate surface area is 398 Å². The average molecular weight is 886 g/mol. The first-order valence-corrected chi connectivity index (χ1v) is 25.0. The fourth-order valence-corrected chi connectivity index (χ4v) is 11.3. The molecule has 10 aromatic carbocycles. The molecule has 0 saturated heterocycles. The van der Waals surface area contributed by atoms with Gasteiger partial charge in [-0.3, -0.25) is 0 Å². The highest BCUT2D eigenvalue weighted by Crippen LogP contribution is 2.49. The Balaban J connectivity index is 1.18. The Morgan fingerprint density at radius 3 is 1.59 bits per heavy atom. The summed E-state index contributed by atoms with van der Waals surface area (Å²) >= 11 is 0. The largest absolute Gasteiger partial charge is 0.454 e. The number of benzene rings is 10. The molecule has 1 unspecified atom stereocenters. The second-order valence-corrected chi connectivity index (χ2v) is 18.8. The monoisotopic (exact) mass is 885 g/mol. The van der Waals surface area contributed by atoms with Crippen LogP contribution in [-0.4, -0.2) is 0 Å². The summed E-state index contributed by atoms with van der Waals surface area (Å²) in [7, 11) is 0. The van der Waals surface area contributed by atoms with Gasteiger partial charge in [-0.25, -0.2) is 4.90 Å². The minimum absolute atomic E-state index is 0.895. The van der Waals surface area contributed by atoms with Crippen molar-refractivity contribution in [3.63, 3.8) is 0 Å². The normalized spacial score (nSPS) is 12.5. The number of anilines is 3. The van der Waals surface area contributed by atoms with E-state index < -0.39 is 0 Å². The van der Waals surface area contributed by atoms with E-state index in [0.29, 0.717) is 0 Å². The quantitative estimate of drug-likeness (QED) is 0.0775. The molecule has 0 saturated carbocycles. The molecule has 4 heteroatoms. The van der Waals surface area contributed by atoms with E-state index in [-0.39, 0.29) is 0 Å². The molecule has 0 amide bonds. The van der Waals surface area contributed by atoms with Crippen LogP contribution in [0.1, 0.15) is 76.3 Å². The first-order valence-electron chi connectivity index (χ1n) is 25.0. The SMILES string of the molecule is CCCCCCc1cc(N(c2ccccc2)c2cccc3c2oc2ccccc23)c2ccc3c(CCCCCC)cc([NH+](c4ccccc4)c4cccc5c4oc4ccccc45)c4ccc1c2c34. The van der Waals surface area contributed by atoms with Crippen LogP contribution in [0.25, 0.3) is 76.2 Å². The third kappa shape index (κ3) is 7.18. The predicted molar refractivity (Wildman–Crippen MR) is 288 cm³/mol. The summed E-state index contributed by atoms with van der Waals surface area (Å²) in [5, 5.41) is 12.4. The molecule has 0 spiro atoms. The van der Waals surface area contributed by atoms with E-state index in [2.05, 4.69) is 201 Å². The lowest BCUT2D eigenvalue weighted by Crippen LogP contribution is -2.96. The summed E-state index contributed by atoms with van der Waals surface area (Å²) in [4.78, 5) is 3.67. The van der Waals surface area contributed by atoms with Gasteiger partial charge in [0.2, 0.25) is 0 Å². The number of nitrogens with zero attached hydrogens (tertiary/aromatic N) is 1. The molecule has 0 aliphatic rings. The molecule has 0 aliphatic heterocycles. The van der Waals surface area contributed by atoms with Crippen molar-refractivity contribution in [1.82, 2.24) is 0 Å². The fourth-order valence-electron chi connectivity index (χ4n) is 11.3. The van der Waals surface area contributed by atoms with E-state index >= 15 is 0 Å². The number of aryl methyl sites for hydroxylation is 2. The summed E-state index contributed by atoms with van der Waals surface area (Å²) in [5.41, 5.74) is 13.3. The molecule has 0 fully saturated rings. The van der Waals surface area contributed by atoms with Crippen LogP contribution in [0.4, 0.5) is 34.1 Å². The zero-order valence-corrected chi connectivity index (χ0v) is 39.2. The first kappa shape index (κ1) is 42.0. The van der Waals surface area contributed by atoms with Crippen molar-refractivity contribution in [3.8, 4) is 0 Å². The van der Waals surface area contributed by atoms with Gasteiger partial charge in [-0.2, -0.15) is 0 Å². The Kier molecular flexibility index (Phi) is 11.1. The van der Waals surface area contributed by atoms with Gasteiger partial charge < -0.3 is 13.7 Å². The minimum atomic E-state index is 0.895. The number of furan rings is 2. The van der Waals surface area contributed by atoms with Crippen molar-refractivity contribution in [3.05, 3.63) is 193 Å². The summed E-state index contributed by atoms with van der Waals surface area (Å²) in [6.45, 7) is 4.61. The summed E-state index contributed by atoms with van der Waals surface area (Å²) in [6.07, 6.45) is 11.6. The second kappa shape index (κ2) is 18.0. The zero-order chi connectivity index (χ0) is 45.6. The highest BCUT2D eigenvalue weighted by Gasteiger charge is 2.30. The smallest absolute Gasteiger partial charge is 0.196 e. The lowest BCUT2D eigenvalue weighted by molar-refractivity contribution is -0.679. The van der Waals surface area contributed by atoms with Gasteiger partial charge in [0, 0.05) is 55.5 Å². The second-order valence-electron chi connectivity index (χ2n) is 18.8. The molecule has 1 atom stereocenters. The number of hydrogen-bond donors (Lipinski definition) is 1. The molecule has 12 rings (SSSR count). The van der Waals surface area contributed by atoms with Crippen molar-refractivity contribution in [2.75, 3.05) is 4.90 Å². The number of fused-ring (bicyclic) bond motifs is 6. The highest BCUT2D eigenvalue weighted by atomic mass is 16.3. The summed E-state index contributed by atoms with van der Waals surface area (Å²) in [6, 6.07) is 67.0. The first-order chi connectivity index (χ1) is 33.7. The molecule has 4 nitrogen and oxygen atoms in total. The minimum Gasteiger partial charge on any atom is -0.454 e. The van der Waals surface area contributed by atoms with Crippen LogP contribution >= 0.6 is 0 Å². The van der Waals surface area contributed by atoms with Crippen molar-refractivity contribution in [2.24, 2.45) is 0 Å². The van der Waals surface area contributed by atoms with Gasteiger partial charge in [0.1, 0.15) is 22.5 Å². The van der Waals surface area contributed by atoms with E-state index in [1.54, 1.807) is 0 Å². The predicted octanol–water partition coefficient (Wildman–Crippen LogP) is 18.3. The van der Waals surface area contributed by atoms with Crippen molar-refractivity contribution < 1.29 is 13.7 Å². The average Bonchev–Trinajstić information content (AvgIpc) is 3.97. The van der Waals surface area contributed by atoms with Crippen LogP contribution < -0.4 is 9.80 Å². The molecular formula is C64H57N2O2+. The van der Waals surface area contributed by atoms with Gasteiger partial charge >= 0.3 is 0 Å². The maximum absolute atomic E-state index is 6.87. The number of quaternary nitrogens is 1. The number of rotatable bonds is 16. The van der Waals surface area contributed by atoms with E-state index in [4.69, 9.17) is 8.83 Å². The maximum atomic E-state index is 6.87. The maximum Gasteiger partial charge on any atom is 0.196 e. The third-order valence-electron chi connectivity index (χ3n) is 14.5. The topological polar surface area (TPSA) is 34.0 Å². The van der Waals surface area contributed by atoms with Crippen molar-refractivity contribution in [2.45, 2.75) is 78.1 Å². The van der Waals surface area contributed by atoms with Gasteiger partial charge in [-0.1, -0.05) is 168 Å². The van der Waals surface area contributed by atoms with Crippen LogP contribution in [0, 0.1) is 0 Å². The molecule has 0 bridgehead atoms. The molecule has 0 aliphatic carbocycles. The van der Waals surface area contributed by atoms with Gasteiger partial charge in [0.15, 0.2) is 16.9 Å². The number of nitrogens with one attached hydrogen (secondary N) is 1. The molecule has 334 valence electrons. The van der Waals surface area contributed by atoms with Gasteiger partial charge in [0.25, 0.3) is 0 Å². The number of unbranched alkanes of at least 4 members (excludes halogenated alkanes) is 6. The molecule has 68 heavy (non-hydrogen) atoms. The molecule has 2 heterocycles. The van der Waals surface area contributed by atoms with Crippen LogP contribution in [0.15, 0.2) is 191 Å². The van der Waals surface area contributed by atoms with Crippen LogP contribution in [0.2, 0.25) is 0 Å². The zero-order valence-electron chi connectivity index (χ0n) is 39.2. The fraction of sp³-hybridized carbons (Fsp3) is 0.188. The third-order valence-corrected chi connectivity index (χ3v) is 14.5. The van der Waals surface area contributed by atoms with E-state index in [1.165, 1.54) is 104 Å². The van der Waals surface area contributed by atoms with Crippen LogP contribution in [0.5, 0.6) is 0 Å². The molecule has 0 radical (unpaired) electrons. The molecule has 1 N–H and O–H groups in total. The Morgan fingerprint density at radius 1 is 0.382 bits per heavy atom. The number of hydrogen-bond acceptors (Lipinski definition) is 3. The van der Waals surface area contributed by atoms with Gasteiger partial charge in [-0.15, -0.1) is 0 Å².